The third-order valence-corrected chi connectivity index (χ3v) is 3.16. The molecule has 0 atom stereocenters. The Hall–Kier alpha value is -2.48. The molecule has 0 fully saturated rings. The molecule has 0 spiro atoms. The Kier molecular flexibility index (Phi) is 4.18. The molecule has 21 heavy (non-hydrogen) atoms. The summed E-state index contributed by atoms with van der Waals surface area (Å²) in [5, 5.41) is 22.5. The van der Waals surface area contributed by atoms with Gasteiger partial charge in [-0.25, -0.2) is 9.18 Å². The minimum Gasteiger partial charge on any atom is -0.478 e. The van der Waals surface area contributed by atoms with E-state index >= 15 is 0 Å². The first kappa shape index (κ1) is 14.9. The highest BCUT2D eigenvalue weighted by Crippen LogP contribution is 2.31. The van der Waals surface area contributed by atoms with Crippen molar-refractivity contribution in [3.63, 3.8) is 0 Å². The van der Waals surface area contributed by atoms with Gasteiger partial charge in [0.25, 0.3) is 5.69 Å². The molecule has 0 saturated heterocycles. The predicted molar refractivity (Wildman–Crippen MR) is 77.4 cm³/mol. The number of benzene rings is 2. The molecule has 2 aromatic carbocycles. The lowest BCUT2D eigenvalue weighted by Gasteiger charge is -2.09. The number of carboxylic acids is 1. The maximum absolute atomic E-state index is 13.5. The van der Waals surface area contributed by atoms with Gasteiger partial charge in [-0.15, -0.1) is 0 Å². The van der Waals surface area contributed by atoms with Gasteiger partial charge in [-0.2, -0.15) is 0 Å². The molecule has 0 amide bonds. The van der Waals surface area contributed by atoms with Crippen LogP contribution < -0.4 is 5.32 Å². The second-order valence-electron chi connectivity index (χ2n) is 4.04. The van der Waals surface area contributed by atoms with Crippen molar-refractivity contribution in [2.45, 2.75) is 0 Å². The first-order valence-electron chi connectivity index (χ1n) is 5.62. The van der Waals surface area contributed by atoms with Crippen molar-refractivity contribution in [1.82, 2.24) is 0 Å². The van der Waals surface area contributed by atoms with E-state index in [1.165, 1.54) is 0 Å². The van der Waals surface area contributed by atoms with E-state index in [2.05, 4.69) is 21.2 Å². The summed E-state index contributed by atoms with van der Waals surface area (Å²) in [5.74, 6) is -2.66. The van der Waals surface area contributed by atoms with E-state index in [1.807, 2.05) is 0 Å². The van der Waals surface area contributed by atoms with E-state index in [-0.39, 0.29) is 5.69 Å². The number of hydrogen-bond acceptors (Lipinski definition) is 4. The number of nitrogens with one attached hydrogen (secondary N) is 1. The summed E-state index contributed by atoms with van der Waals surface area (Å²) in [6.07, 6.45) is 0. The Labute approximate surface area is 126 Å². The van der Waals surface area contributed by atoms with Crippen LogP contribution in [0.1, 0.15) is 10.4 Å². The number of rotatable bonds is 4. The second kappa shape index (κ2) is 5.88. The Morgan fingerprint density at radius 2 is 1.90 bits per heavy atom. The molecule has 6 nitrogen and oxygen atoms in total. The molecule has 2 N–H and O–H groups in total. The number of carboxylic acid groups (broad SMARTS) is 1. The molecule has 2 rings (SSSR count). The lowest BCUT2D eigenvalue weighted by Crippen LogP contribution is -2.05. The molecule has 108 valence electrons. The Morgan fingerprint density at radius 1 is 1.29 bits per heavy atom. The molecule has 2 aromatic rings. The van der Waals surface area contributed by atoms with Gasteiger partial charge in [0.2, 0.25) is 0 Å². The zero-order valence-corrected chi connectivity index (χ0v) is 11.9. The topological polar surface area (TPSA) is 92.5 Å². The smallest absolute Gasteiger partial charge is 0.338 e. The van der Waals surface area contributed by atoms with Gasteiger partial charge in [0.1, 0.15) is 11.5 Å². The molecule has 0 aliphatic heterocycles. The fourth-order valence-corrected chi connectivity index (χ4v) is 1.93. The van der Waals surface area contributed by atoms with Crippen LogP contribution in [0.5, 0.6) is 0 Å². The highest BCUT2D eigenvalue weighted by molar-refractivity contribution is 9.10. The van der Waals surface area contributed by atoms with Crippen molar-refractivity contribution in [2.24, 2.45) is 0 Å². The van der Waals surface area contributed by atoms with Gasteiger partial charge in [-0.1, -0.05) is 15.9 Å². The van der Waals surface area contributed by atoms with Crippen molar-refractivity contribution in [3.05, 3.63) is 62.4 Å². The third kappa shape index (κ3) is 3.34. The molecular weight excluding hydrogens is 347 g/mol. The van der Waals surface area contributed by atoms with Crippen LogP contribution >= 0.6 is 15.9 Å². The maximum Gasteiger partial charge on any atom is 0.338 e. The first-order valence-corrected chi connectivity index (χ1v) is 6.41. The molecule has 0 bridgehead atoms. The van der Waals surface area contributed by atoms with Crippen molar-refractivity contribution >= 4 is 39.0 Å². The summed E-state index contributed by atoms with van der Waals surface area (Å²) < 4.78 is 14.3. The molecule has 0 saturated carbocycles. The van der Waals surface area contributed by atoms with Crippen molar-refractivity contribution in [1.29, 1.82) is 0 Å². The molecule has 0 unspecified atom stereocenters. The van der Waals surface area contributed by atoms with Crippen molar-refractivity contribution < 1.29 is 19.2 Å². The summed E-state index contributed by atoms with van der Waals surface area (Å²) >= 11 is 3.25. The minimum absolute atomic E-state index is 0.0962. The number of halogens is 2. The van der Waals surface area contributed by atoms with Crippen LogP contribution in [0.15, 0.2) is 40.9 Å². The van der Waals surface area contributed by atoms with E-state index in [1.54, 1.807) is 24.3 Å². The summed E-state index contributed by atoms with van der Waals surface area (Å²) in [4.78, 5) is 21.1. The molecule has 0 radical (unpaired) electrons. The third-order valence-electron chi connectivity index (χ3n) is 2.64. The van der Waals surface area contributed by atoms with Crippen LogP contribution in [0.4, 0.5) is 21.5 Å². The quantitative estimate of drug-likeness (QED) is 0.640. The summed E-state index contributed by atoms with van der Waals surface area (Å²) in [6, 6.07) is 8.17. The minimum atomic E-state index is -1.50. The fourth-order valence-electron chi connectivity index (χ4n) is 1.67. The lowest BCUT2D eigenvalue weighted by atomic mass is 10.1. The highest BCUT2D eigenvalue weighted by atomic mass is 79.9. The summed E-state index contributed by atoms with van der Waals surface area (Å²) in [6.45, 7) is 0. The highest BCUT2D eigenvalue weighted by Gasteiger charge is 2.21. The average molecular weight is 355 g/mol. The normalized spacial score (nSPS) is 10.2. The molecule has 0 heterocycles. The van der Waals surface area contributed by atoms with Crippen LogP contribution in [0.25, 0.3) is 0 Å². The number of nitrogens with zero attached hydrogens (tertiary/aromatic N) is 1. The zero-order chi connectivity index (χ0) is 15.6. The largest absolute Gasteiger partial charge is 0.478 e. The Balaban J connectivity index is 2.49. The fraction of sp³-hybridized carbons (Fsp3) is 0. The number of hydrogen-bond donors (Lipinski definition) is 2. The molecule has 0 aliphatic rings. The van der Waals surface area contributed by atoms with Gasteiger partial charge < -0.3 is 10.4 Å². The monoisotopic (exact) mass is 354 g/mol. The number of anilines is 2. The van der Waals surface area contributed by atoms with Crippen LogP contribution in [0.2, 0.25) is 0 Å². The summed E-state index contributed by atoms with van der Waals surface area (Å²) in [7, 11) is 0. The van der Waals surface area contributed by atoms with Crippen LogP contribution in [0, 0.1) is 15.9 Å². The van der Waals surface area contributed by atoms with E-state index in [9.17, 15) is 19.3 Å². The Bertz CT molecular complexity index is 719. The van der Waals surface area contributed by atoms with Crippen LogP contribution in [-0.2, 0) is 0 Å². The van der Waals surface area contributed by atoms with Gasteiger partial charge in [0.15, 0.2) is 0 Å². The van der Waals surface area contributed by atoms with Crippen molar-refractivity contribution in [3.8, 4) is 0 Å². The van der Waals surface area contributed by atoms with Gasteiger partial charge in [-0.05, 0) is 30.3 Å². The van der Waals surface area contributed by atoms with Gasteiger partial charge in [0.05, 0.1) is 16.6 Å². The van der Waals surface area contributed by atoms with E-state index < -0.39 is 28.0 Å². The maximum atomic E-state index is 13.5. The second-order valence-corrected chi connectivity index (χ2v) is 4.96. The van der Waals surface area contributed by atoms with Gasteiger partial charge in [0, 0.05) is 10.2 Å². The van der Waals surface area contributed by atoms with E-state index in [4.69, 9.17) is 5.11 Å². The standard InChI is InChI=1S/C13H8BrFN2O4/c14-7-1-3-8(4-2-7)16-11-5-9(13(18)19)10(15)6-12(11)17(20)21/h1-6,16H,(H,18,19). The van der Waals surface area contributed by atoms with E-state index in [0.29, 0.717) is 11.8 Å². The number of nitro groups is 1. The van der Waals surface area contributed by atoms with Gasteiger partial charge >= 0.3 is 5.97 Å². The SMILES string of the molecule is O=C(O)c1cc(Nc2ccc(Br)cc2)c([N+](=O)[O-])cc1F. The lowest BCUT2D eigenvalue weighted by molar-refractivity contribution is -0.384. The first-order chi connectivity index (χ1) is 9.88. The predicted octanol–water partition coefficient (Wildman–Crippen LogP) is 3.94. The number of carbonyl (C=O) groups is 1. The molecule has 0 aromatic heterocycles. The van der Waals surface area contributed by atoms with E-state index in [0.717, 1.165) is 10.5 Å². The van der Waals surface area contributed by atoms with Crippen LogP contribution in [0.3, 0.4) is 0 Å². The summed E-state index contributed by atoms with van der Waals surface area (Å²) in [5.41, 5.74) is -0.772. The number of nitro benzene ring substituents is 1. The Morgan fingerprint density at radius 3 is 2.43 bits per heavy atom. The van der Waals surface area contributed by atoms with Gasteiger partial charge in [-0.3, -0.25) is 10.1 Å². The van der Waals surface area contributed by atoms with Crippen LogP contribution in [-0.4, -0.2) is 16.0 Å². The number of aromatic carboxylic acids is 1. The average Bonchev–Trinajstić information content (AvgIpc) is 2.42. The van der Waals surface area contributed by atoms with Crippen molar-refractivity contribution in [2.75, 3.05) is 5.32 Å². The molecule has 0 aliphatic carbocycles. The molecule has 8 heteroatoms. The molecular formula is C13H8BrFN2O4. The zero-order valence-electron chi connectivity index (χ0n) is 10.3.